The number of nitrogen functional groups attached to an aromatic ring is 1. The summed E-state index contributed by atoms with van der Waals surface area (Å²) in [6.07, 6.45) is 8.21. The number of rotatable bonds is 11. The number of nitrogens with one attached hydrogen (secondary N) is 1. The van der Waals surface area contributed by atoms with E-state index in [0.717, 1.165) is 12.8 Å². The third kappa shape index (κ3) is 6.34. The number of nitrogens with two attached hydrogens (primary N) is 1. The van der Waals surface area contributed by atoms with Crippen LogP contribution in [-0.2, 0) is 23.2 Å². The van der Waals surface area contributed by atoms with Crippen molar-refractivity contribution in [2.75, 3.05) is 29.8 Å². The second kappa shape index (κ2) is 11.1. The van der Waals surface area contributed by atoms with Gasteiger partial charge in [-0.1, -0.05) is 23.8 Å². The summed E-state index contributed by atoms with van der Waals surface area (Å²) in [5, 5.41) is 5.08. The Morgan fingerprint density at radius 1 is 1.31 bits per heavy atom. The molecule has 2 aliphatic rings. The maximum atomic E-state index is 12.6. The molecule has 0 amide bonds. The Kier molecular flexibility index (Phi) is 7.79. The first kappa shape index (κ1) is 27.4. The highest BCUT2D eigenvalue weighted by Crippen LogP contribution is 2.45. The average molecular weight is 578 g/mol. The van der Waals surface area contributed by atoms with Crippen molar-refractivity contribution in [1.29, 1.82) is 0 Å². The molecule has 3 aromatic rings. The van der Waals surface area contributed by atoms with Gasteiger partial charge in [-0.2, -0.15) is 9.97 Å². The van der Waals surface area contributed by atoms with Gasteiger partial charge in [-0.05, 0) is 50.5 Å². The number of phosphoric acid groups is 1. The number of hydrogen-bond donors (Lipinski definition) is 3. The van der Waals surface area contributed by atoms with E-state index in [2.05, 4.69) is 20.3 Å². The molecule has 1 saturated carbocycles. The fraction of sp³-hybridized carbons (Fsp3) is 0.417. The van der Waals surface area contributed by atoms with Crippen molar-refractivity contribution in [2.45, 2.75) is 44.3 Å². The van der Waals surface area contributed by atoms with Gasteiger partial charge in [0, 0.05) is 17.0 Å². The number of aromatic nitrogens is 4. The molecule has 208 valence electrons. The lowest BCUT2D eigenvalue weighted by Crippen LogP contribution is -2.39. The minimum atomic E-state index is -4.70. The molecule has 0 spiro atoms. The predicted octanol–water partition coefficient (Wildman–Crippen LogP) is 3.87. The quantitative estimate of drug-likeness (QED) is 0.171. The SMILES string of the molecule is CON(c1ccc(Cl)cc1)[C@@H](C)C(=O)OP(=O)(O)OC[C@@H]1C=C[C@H](n2cnc3c(NC4CC4)nc(N)nc32)C1. The van der Waals surface area contributed by atoms with Gasteiger partial charge in [-0.3, -0.25) is 14.3 Å². The van der Waals surface area contributed by atoms with Crippen LogP contribution in [0.25, 0.3) is 11.2 Å². The Balaban J connectivity index is 1.17. The zero-order valence-electron chi connectivity index (χ0n) is 21.3. The van der Waals surface area contributed by atoms with Crippen LogP contribution in [0.1, 0.15) is 32.2 Å². The number of nitrogens with zero attached hydrogens (tertiary/aromatic N) is 5. The molecular weight excluding hydrogens is 549 g/mol. The molecule has 0 aliphatic heterocycles. The Labute approximate surface area is 229 Å². The number of hydrogen-bond acceptors (Lipinski definition) is 11. The predicted molar refractivity (Wildman–Crippen MR) is 145 cm³/mol. The van der Waals surface area contributed by atoms with Crippen LogP contribution < -0.4 is 16.1 Å². The molecule has 0 bridgehead atoms. The van der Waals surface area contributed by atoms with Gasteiger partial charge in [0.15, 0.2) is 23.0 Å². The second-order valence-corrected chi connectivity index (χ2v) is 11.3. The monoisotopic (exact) mass is 577 g/mol. The zero-order valence-corrected chi connectivity index (χ0v) is 23.0. The molecule has 0 saturated heterocycles. The molecule has 4 atom stereocenters. The summed E-state index contributed by atoms with van der Waals surface area (Å²) in [4.78, 5) is 41.3. The molecule has 2 heterocycles. The van der Waals surface area contributed by atoms with Crippen molar-refractivity contribution >= 4 is 54.0 Å². The third-order valence-corrected chi connectivity index (χ3v) is 7.63. The maximum absolute atomic E-state index is 12.6. The van der Waals surface area contributed by atoms with Gasteiger partial charge in [0.1, 0.15) is 0 Å². The fourth-order valence-electron chi connectivity index (χ4n) is 4.36. The highest BCUT2D eigenvalue weighted by molar-refractivity contribution is 7.48. The van der Waals surface area contributed by atoms with Crippen molar-refractivity contribution < 1.29 is 28.1 Å². The number of fused-ring (bicyclic) bond motifs is 1. The van der Waals surface area contributed by atoms with E-state index in [1.54, 1.807) is 30.6 Å². The Hall–Kier alpha value is -3.22. The first-order chi connectivity index (χ1) is 18.6. The average Bonchev–Trinajstić information content (AvgIpc) is 3.41. The molecule has 2 aliphatic carbocycles. The lowest BCUT2D eigenvalue weighted by Gasteiger charge is -2.27. The normalized spacial score (nSPS) is 21.0. The van der Waals surface area contributed by atoms with E-state index in [1.165, 1.54) is 19.1 Å². The minimum Gasteiger partial charge on any atom is -0.369 e. The minimum absolute atomic E-state index is 0.123. The van der Waals surface area contributed by atoms with Gasteiger partial charge in [0.05, 0.1) is 31.8 Å². The highest BCUT2D eigenvalue weighted by Gasteiger charge is 2.34. The van der Waals surface area contributed by atoms with E-state index in [0.29, 0.717) is 40.2 Å². The molecule has 15 heteroatoms. The number of benzene rings is 1. The van der Waals surface area contributed by atoms with Crippen LogP contribution >= 0.6 is 19.4 Å². The second-order valence-electron chi connectivity index (χ2n) is 9.46. The van der Waals surface area contributed by atoms with Gasteiger partial charge < -0.3 is 20.1 Å². The van der Waals surface area contributed by atoms with E-state index < -0.39 is 19.8 Å². The summed E-state index contributed by atoms with van der Waals surface area (Å²) < 4.78 is 24.5. The van der Waals surface area contributed by atoms with Gasteiger partial charge >= 0.3 is 13.8 Å². The standard InChI is InChI=1S/C24H29ClN7O6P/c1-14(32(36-2)18-9-4-16(25)5-10-18)23(33)38-39(34,35)37-12-15-3-8-19(11-15)31-13-27-20-21(28-17-6-7-17)29-24(26)30-22(20)31/h3-5,8-10,13-15,17,19H,6-7,11-12H2,1-2H3,(H,34,35)(H3,26,28,29,30)/t14-,15+,19-/m0/s1. The smallest absolute Gasteiger partial charge is 0.369 e. The van der Waals surface area contributed by atoms with Crippen LogP contribution in [0, 0.1) is 5.92 Å². The zero-order chi connectivity index (χ0) is 27.7. The summed E-state index contributed by atoms with van der Waals surface area (Å²) in [7, 11) is -3.33. The molecule has 5 rings (SSSR count). The van der Waals surface area contributed by atoms with Crippen LogP contribution in [-0.4, -0.2) is 56.2 Å². The number of hydroxylamine groups is 1. The third-order valence-electron chi connectivity index (χ3n) is 6.49. The molecule has 4 N–H and O–H groups in total. The van der Waals surface area contributed by atoms with E-state index >= 15 is 0 Å². The van der Waals surface area contributed by atoms with Crippen LogP contribution in [0.5, 0.6) is 0 Å². The van der Waals surface area contributed by atoms with Crippen molar-refractivity contribution in [3.63, 3.8) is 0 Å². The van der Waals surface area contributed by atoms with Gasteiger partial charge in [-0.25, -0.2) is 19.4 Å². The van der Waals surface area contributed by atoms with Crippen LogP contribution in [0.15, 0.2) is 42.7 Å². The van der Waals surface area contributed by atoms with Crippen molar-refractivity contribution in [1.82, 2.24) is 19.5 Å². The highest BCUT2D eigenvalue weighted by atomic mass is 35.5. The van der Waals surface area contributed by atoms with Gasteiger partial charge in [-0.15, -0.1) is 0 Å². The topological polar surface area (TPSA) is 167 Å². The Morgan fingerprint density at radius 3 is 2.74 bits per heavy atom. The lowest BCUT2D eigenvalue weighted by atomic mass is 10.1. The Bertz CT molecular complexity index is 1430. The van der Waals surface area contributed by atoms with Crippen LogP contribution in [0.4, 0.5) is 17.5 Å². The molecule has 2 aromatic heterocycles. The lowest BCUT2D eigenvalue weighted by molar-refractivity contribution is -0.139. The molecular formula is C24H29ClN7O6P. The molecule has 39 heavy (non-hydrogen) atoms. The summed E-state index contributed by atoms with van der Waals surface area (Å²) >= 11 is 5.91. The first-order valence-electron chi connectivity index (χ1n) is 12.4. The largest absolute Gasteiger partial charge is 0.529 e. The summed E-state index contributed by atoms with van der Waals surface area (Å²) in [6.45, 7) is 1.34. The number of allylic oxidation sites excluding steroid dienone is 1. The van der Waals surface area contributed by atoms with E-state index in [-0.39, 0.29) is 24.5 Å². The number of halogens is 1. The van der Waals surface area contributed by atoms with E-state index in [4.69, 9.17) is 31.2 Å². The number of carbonyl (C=O) groups excluding carboxylic acids is 1. The van der Waals surface area contributed by atoms with Gasteiger partial charge in [0.2, 0.25) is 5.95 Å². The molecule has 1 aromatic carbocycles. The van der Waals surface area contributed by atoms with Crippen molar-refractivity contribution in [2.24, 2.45) is 5.92 Å². The summed E-state index contributed by atoms with van der Waals surface area (Å²) in [5.74, 6) is -0.442. The first-order valence-corrected chi connectivity index (χ1v) is 14.3. The fourth-order valence-corrected chi connectivity index (χ4v) is 5.30. The number of carbonyl (C=O) groups is 1. The molecule has 13 nitrogen and oxygen atoms in total. The Morgan fingerprint density at radius 2 is 2.05 bits per heavy atom. The van der Waals surface area contributed by atoms with Gasteiger partial charge in [0.25, 0.3) is 0 Å². The van der Waals surface area contributed by atoms with Crippen LogP contribution in [0.3, 0.4) is 0 Å². The van der Waals surface area contributed by atoms with Crippen LogP contribution in [0.2, 0.25) is 5.02 Å². The number of anilines is 3. The molecule has 0 radical (unpaired) electrons. The summed E-state index contributed by atoms with van der Waals surface area (Å²) in [5.41, 5.74) is 7.68. The number of imidazole rings is 1. The van der Waals surface area contributed by atoms with Crippen molar-refractivity contribution in [3.05, 3.63) is 47.8 Å². The number of phosphoric ester groups is 1. The maximum Gasteiger partial charge on any atom is 0.529 e. The molecule has 1 fully saturated rings. The van der Waals surface area contributed by atoms with E-state index in [1.807, 2.05) is 16.7 Å². The van der Waals surface area contributed by atoms with E-state index in [9.17, 15) is 14.3 Å². The summed E-state index contributed by atoms with van der Waals surface area (Å²) in [6, 6.07) is 5.75. The van der Waals surface area contributed by atoms with Crippen molar-refractivity contribution in [3.8, 4) is 0 Å². The molecule has 1 unspecified atom stereocenters.